The second-order valence-electron chi connectivity index (χ2n) is 7.28. The minimum absolute atomic E-state index is 0.0280. The van der Waals surface area contributed by atoms with Crippen LogP contribution in [0.5, 0.6) is 0 Å². The number of rotatable bonds is 3. The first kappa shape index (κ1) is 19.4. The second-order valence-corrected chi connectivity index (χ2v) is 7.71. The predicted molar refractivity (Wildman–Crippen MR) is 111 cm³/mol. The highest BCUT2D eigenvalue weighted by atomic mass is 35.5. The van der Waals surface area contributed by atoms with E-state index in [4.69, 9.17) is 11.6 Å². The maximum absolute atomic E-state index is 14.9. The summed E-state index contributed by atoms with van der Waals surface area (Å²) >= 11 is 5.96. The van der Waals surface area contributed by atoms with E-state index in [2.05, 4.69) is 0 Å². The van der Waals surface area contributed by atoms with Gasteiger partial charge in [-0.2, -0.15) is 5.26 Å². The van der Waals surface area contributed by atoms with E-state index in [1.807, 2.05) is 23.1 Å². The summed E-state index contributed by atoms with van der Waals surface area (Å²) in [6.45, 7) is 1.50. The van der Waals surface area contributed by atoms with Gasteiger partial charge in [-0.05, 0) is 42.7 Å². The van der Waals surface area contributed by atoms with Gasteiger partial charge in [0.1, 0.15) is 17.4 Å². The Bertz CT molecular complexity index is 1160. The van der Waals surface area contributed by atoms with Crippen LogP contribution in [0.3, 0.4) is 0 Å². The van der Waals surface area contributed by atoms with Gasteiger partial charge in [0.25, 0.3) is 0 Å². The fourth-order valence-electron chi connectivity index (χ4n) is 3.75. The Morgan fingerprint density at radius 2 is 1.90 bits per heavy atom. The molecular formula is C22H19ClFN3O2. The van der Waals surface area contributed by atoms with Gasteiger partial charge in [0.05, 0.1) is 22.7 Å². The molecule has 0 saturated carbocycles. The van der Waals surface area contributed by atoms with Gasteiger partial charge in [-0.25, -0.2) is 4.39 Å². The summed E-state index contributed by atoms with van der Waals surface area (Å²) in [4.78, 5) is 14.5. The van der Waals surface area contributed by atoms with Crippen molar-refractivity contribution in [1.29, 1.82) is 5.26 Å². The molecule has 1 saturated heterocycles. The van der Waals surface area contributed by atoms with Crippen LogP contribution >= 0.6 is 11.6 Å². The number of aliphatic hydroxyl groups excluding tert-OH is 1. The molecule has 1 fully saturated rings. The van der Waals surface area contributed by atoms with Crippen LogP contribution in [-0.2, 0) is 6.54 Å². The van der Waals surface area contributed by atoms with Gasteiger partial charge in [-0.1, -0.05) is 23.7 Å². The molecule has 1 aliphatic heterocycles. The van der Waals surface area contributed by atoms with Crippen molar-refractivity contribution in [2.45, 2.75) is 25.5 Å². The van der Waals surface area contributed by atoms with Gasteiger partial charge in [0, 0.05) is 30.9 Å². The lowest BCUT2D eigenvalue weighted by molar-refractivity contribution is 0.145. The number of aliphatic hydroxyl groups is 1. The average molecular weight is 412 g/mol. The molecule has 0 amide bonds. The zero-order valence-electron chi connectivity index (χ0n) is 15.6. The van der Waals surface area contributed by atoms with Crippen molar-refractivity contribution < 1.29 is 9.50 Å². The van der Waals surface area contributed by atoms with Crippen LogP contribution in [0.15, 0.2) is 47.4 Å². The smallest absolute Gasteiger partial charge is 0.207 e. The van der Waals surface area contributed by atoms with E-state index in [9.17, 15) is 19.6 Å². The summed E-state index contributed by atoms with van der Waals surface area (Å²) in [7, 11) is 0. The average Bonchev–Trinajstić information content (AvgIpc) is 2.72. The van der Waals surface area contributed by atoms with Crippen LogP contribution in [0, 0.1) is 17.1 Å². The van der Waals surface area contributed by atoms with Gasteiger partial charge >= 0.3 is 0 Å². The van der Waals surface area contributed by atoms with E-state index in [1.54, 1.807) is 22.8 Å². The summed E-state index contributed by atoms with van der Waals surface area (Å²) in [6.07, 6.45) is 2.29. The zero-order chi connectivity index (χ0) is 20.5. The Kier molecular flexibility index (Phi) is 5.27. The number of nitrogens with zero attached hydrogens (tertiary/aromatic N) is 3. The molecular weight excluding hydrogens is 393 g/mol. The number of fused-ring (bicyclic) bond motifs is 1. The quantitative estimate of drug-likeness (QED) is 0.713. The number of nitriles is 1. The van der Waals surface area contributed by atoms with Gasteiger partial charge in [0.15, 0.2) is 0 Å². The Labute approximate surface area is 172 Å². The predicted octanol–water partition coefficient (Wildman–Crippen LogP) is 3.68. The molecule has 0 atom stereocenters. The standard InChI is InChI=1S/C22H19ClFN3O2/c23-16-3-1-14(2-4-16)12-27-13-15(11-25)22(29)18-9-19(24)21(10-20(18)27)26-7-5-17(28)6-8-26/h1-4,9-10,13,17,28H,5-8,12H2. The van der Waals surface area contributed by atoms with E-state index in [-0.39, 0.29) is 17.1 Å². The lowest BCUT2D eigenvalue weighted by atomic mass is 10.1. The van der Waals surface area contributed by atoms with Crippen LogP contribution in [0.4, 0.5) is 10.1 Å². The van der Waals surface area contributed by atoms with Crippen molar-refractivity contribution in [3.63, 3.8) is 0 Å². The highest BCUT2D eigenvalue weighted by molar-refractivity contribution is 6.30. The van der Waals surface area contributed by atoms with Crippen molar-refractivity contribution in [2.24, 2.45) is 0 Å². The molecule has 2 heterocycles. The zero-order valence-corrected chi connectivity index (χ0v) is 16.4. The molecule has 0 aliphatic carbocycles. The topological polar surface area (TPSA) is 69.3 Å². The number of aromatic nitrogens is 1. The summed E-state index contributed by atoms with van der Waals surface area (Å²) in [5.74, 6) is -0.501. The van der Waals surface area contributed by atoms with Gasteiger partial charge in [-0.3, -0.25) is 4.79 Å². The van der Waals surface area contributed by atoms with Crippen molar-refractivity contribution in [2.75, 3.05) is 18.0 Å². The van der Waals surface area contributed by atoms with Gasteiger partial charge in [0.2, 0.25) is 5.43 Å². The third-order valence-electron chi connectivity index (χ3n) is 5.34. The van der Waals surface area contributed by atoms with Crippen LogP contribution in [-0.4, -0.2) is 28.9 Å². The first-order valence-corrected chi connectivity index (χ1v) is 9.78. The van der Waals surface area contributed by atoms with Crippen molar-refractivity contribution in [3.05, 3.63) is 74.8 Å². The largest absolute Gasteiger partial charge is 0.393 e. The van der Waals surface area contributed by atoms with E-state index < -0.39 is 11.2 Å². The fourth-order valence-corrected chi connectivity index (χ4v) is 3.87. The molecule has 148 valence electrons. The van der Waals surface area contributed by atoms with Crippen LogP contribution in [0.25, 0.3) is 10.9 Å². The molecule has 4 rings (SSSR count). The van der Waals surface area contributed by atoms with Crippen LogP contribution < -0.4 is 10.3 Å². The molecule has 0 unspecified atom stereocenters. The van der Waals surface area contributed by atoms with Crippen molar-refractivity contribution in [3.8, 4) is 6.07 Å². The van der Waals surface area contributed by atoms with E-state index >= 15 is 0 Å². The maximum Gasteiger partial charge on any atom is 0.207 e. The number of hydrogen-bond acceptors (Lipinski definition) is 4. The molecule has 0 radical (unpaired) electrons. The normalized spacial score (nSPS) is 14.9. The highest BCUT2D eigenvalue weighted by Crippen LogP contribution is 2.28. The van der Waals surface area contributed by atoms with Gasteiger partial charge in [-0.15, -0.1) is 0 Å². The number of anilines is 1. The Balaban J connectivity index is 1.85. The molecule has 1 aliphatic rings. The molecule has 0 bridgehead atoms. The maximum atomic E-state index is 14.9. The van der Waals surface area contributed by atoms with Crippen molar-refractivity contribution in [1.82, 2.24) is 4.57 Å². The third-order valence-corrected chi connectivity index (χ3v) is 5.59. The highest BCUT2D eigenvalue weighted by Gasteiger charge is 2.21. The SMILES string of the molecule is N#Cc1cn(Cc2ccc(Cl)cc2)c2cc(N3CCC(O)CC3)c(F)cc2c1=O. The van der Waals surface area contributed by atoms with E-state index in [0.29, 0.717) is 48.7 Å². The molecule has 7 heteroatoms. The van der Waals surface area contributed by atoms with Crippen molar-refractivity contribution >= 4 is 28.2 Å². The summed E-state index contributed by atoms with van der Waals surface area (Å²) in [6, 6.07) is 12.1. The Morgan fingerprint density at radius 3 is 2.55 bits per heavy atom. The lowest BCUT2D eigenvalue weighted by Gasteiger charge is -2.32. The fraction of sp³-hybridized carbons (Fsp3) is 0.273. The Hall–Kier alpha value is -2.88. The monoisotopic (exact) mass is 411 g/mol. The van der Waals surface area contributed by atoms with Crippen LogP contribution in [0.1, 0.15) is 24.0 Å². The lowest BCUT2D eigenvalue weighted by Crippen LogP contribution is -2.36. The summed E-state index contributed by atoms with van der Waals surface area (Å²) in [5, 5.41) is 19.9. The number of pyridine rings is 1. The first-order valence-electron chi connectivity index (χ1n) is 9.40. The molecule has 1 N–H and O–H groups in total. The number of hydrogen-bond donors (Lipinski definition) is 1. The minimum atomic E-state index is -0.501. The second kappa shape index (κ2) is 7.86. The van der Waals surface area contributed by atoms with E-state index in [0.717, 1.165) is 5.56 Å². The number of piperidine rings is 1. The molecule has 3 aromatic rings. The van der Waals surface area contributed by atoms with Crippen LogP contribution in [0.2, 0.25) is 5.02 Å². The Morgan fingerprint density at radius 1 is 1.21 bits per heavy atom. The summed E-state index contributed by atoms with van der Waals surface area (Å²) in [5.41, 5.74) is 1.40. The molecule has 2 aromatic carbocycles. The van der Waals surface area contributed by atoms with E-state index in [1.165, 1.54) is 12.3 Å². The summed E-state index contributed by atoms with van der Waals surface area (Å²) < 4.78 is 16.7. The molecule has 0 spiro atoms. The third kappa shape index (κ3) is 3.84. The van der Waals surface area contributed by atoms with Gasteiger partial charge < -0.3 is 14.6 Å². The minimum Gasteiger partial charge on any atom is -0.393 e. The number of benzene rings is 2. The molecule has 29 heavy (non-hydrogen) atoms. The number of halogens is 2. The molecule has 1 aromatic heterocycles. The molecule has 5 nitrogen and oxygen atoms in total. The first-order chi connectivity index (χ1) is 14.0.